The highest BCUT2D eigenvalue weighted by Gasteiger charge is 2.20. The third-order valence-electron chi connectivity index (χ3n) is 3.27. The van der Waals surface area contributed by atoms with E-state index in [1.165, 1.54) is 10.5 Å². The van der Waals surface area contributed by atoms with Crippen LogP contribution in [0.15, 0.2) is 58.7 Å². The number of hydrogen-bond acceptors (Lipinski definition) is 5. The van der Waals surface area contributed by atoms with Crippen molar-refractivity contribution in [3.05, 3.63) is 59.2 Å². The second-order valence-corrected chi connectivity index (χ2v) is 5.55. The van der Waals surface area contributed by atoms with Gasteiger partial charge < -0.3 is 20.3 Å². The molecule has 2 N–H and O–H groups in total. The fourth-order valence-corrected chi connectivity index (χ4v) is 2.15. The summed E-state index contributed by atoms with van der Waals surface area (Å²) in [4.78, 5) is 19.2. The first-order valence-corrected chi connectivity index (χ1v) is 7.34. The Labute approximate surface area is 136 Å². The average molecular weight is 314 g/mol. The minimum absolute atomic E-state index is 0.214. The van der Waals surface area contributed by atoms with Crippen LogP contribution in [-0.4, -0.2) is 43.3 Å². The van der Waals surface area contributed by atoms with Gasteiger partial charge in [0.25, 0.3) is 0 Å². The Balaban J connectivity index is 2.15. The molecule has 0 radical (unpaired) electrons. The minimum atomic E-state index is -0.475. The van der Waals surface area contributed by atoms with Crippen LogP contribution in [0.5, 0.6) is 0 Å². The monoisotopic (exact) mass is 314 g/mol. The molecule has 1 heterocycles. The van der Waals surface area contributed by atoms with E-state index in [0.717, 1.165) is 12.1 Å². The van der Waals surface area contributed by atoms with Crippen molar-refractivity contribution in [3.63, 3.8) is 0 Å². The summed E-state index contributed by atoms with van der Waals surface area (Å²) in [5.41, 5.74) is 7.89. The van der Waals surface area contributed by atoms with Crippen LogP contribution < -0.4 is 5.73 Å². The van der Waals surface area contributed by atoms with E-state index < -0.39 is 6.09 Å². The molecule has 0 aromatic heterocycles. The summed E-state index contributed by atoms with van der Waals surface area (Å²) in [6, 6.07) is 10.1. The molecule has 2 rings (SSSR count). The summed E-state index contributed by atoms with van der Waals surface area (Å²) in [6.45, 7) is 0.746. The number of carbonyl (C=O) groups is 1. The van der Waals surface area contributed by atoms with Gasteiger partial charge in [-0.2, -0.15) is 0 Å². The maximum absolute atomic E-state index is 11.8. The summed E-state index contributed by atoms with van der Waals surface area (Å²) >= 11 is 0. The van der Waals surface area contributed by atoms with Gasteiger partial charge in [-0.25, -0.2) is 9.79 Å². The number of hydrogen-bond donors (Lipinski definition) is 1. The molecule has 6 nitrogen and oxygen atoms in total. The number of ether oxygens (including phenoxy) is 1. The third kappa shape index (κ3) is 4.60. The van der Waals surface area contributed by atoms with Gasteiger partial charge in [0.15, 0.2) is 11.6 Å². The lowest BCUT2D eigenvalue weighted by molar-refractivity contribution is 0.147. The van der Waals surface area contributed by atoms with Crippen molar-refractivity contribution in [3.8, 4) is 0 Å². The Kier molecular flexibility index (Phi) is 5.41. The van der Waals surface area contributed by atoms with Gasteiger partial charge in [0, 0.05) is 52.1 Å². The van der Waals surface area contributed by atoms with E-state index in [-0.39, 0.29) is 5.82 Å². The van der Waals surface area contributed by atoms with Crippen molar-refractivity contribution in [1.29, 1.82) is 0 Å². The van der Waals surface area contributed by atoms with Gasteiger partial charge >= 0.3 is 6.09 Å². The molecule has 0 saturated carbocycles. The molecular weight excluding hydrogens is 292 g/mol. The molecule has 0 unspecified atom stereocenters. The number of nitrogens with zero attached hydrogens (tertiary/aromatic N) is 3. The first kappa shape index (κ1) is 16.6. The van der Waals surface area contributed by atoms with Gasteiger partial charge in [0.2, 0.25) is 0 Å². The van der Waals surface area contributed by atoms with Crippen molar-refractivity contribution >= 4 is 12.3 Å². The van der Waals surface area contributed by atoms with Gasteiger partial charge in [0.05, 0.1) is 0 Å². The molecule has 1 aromatic carbocycles. The molecule has 122 valence electrons. The lowest BCUT2D eigenvalue weighted by Crippen LogP contribution is -2.25. The summed E-state index contributed by atoms with van der Waals surface area (Å²) in [5, 5.41) is 0. The molecule has 0 bridgehead atoms. The Morgan fingerprint density at radius 1 is 1.30 bits per heavy atom. The SMILES string of the molecule is CN(C=C1CC=NC(N)=C1OC(=O)N(C)C)Cc1ccccc1. The summed E-state index contributed by atoms with van der Waals surface area (Å²) in [7, 11) is 5.21. The fraction of sp³-hybridized carbons (Fsp3) is 0.294. The van der Waals surface area contributed by atoms with Gasteiger partial charge in [0.1, 0.15) is 0 Å². The van der Waals surface area contributed by atoms with Crippen LogP contribution in [-0.2, 0) is 11.3 Å². The standard InChI is InChI=1S/C17H22N4O2/c1-20(2)17(22)23-15-14(9-10-19-16(15)18)12-21(3)11-13-7-5-4-6-8-13/h4-8,10,12H,9,11,18H2,1-3H3. The highest BCUT2D eigenvalue weighted by atomic mass is 16.6. The number of nitrogens with two attached hydrogens (primary N) is 1. The van der Waals surface area contributed by atoms with Crippen molar-refractivity contribution in [1.82, 2.24) is 9.80 Å². The van der Waals surface area contributed by atoms with E-state index in [1.54, 1.807) is 20.3 Å². The smallest absolute Gasteiger partial charge is 0.406 e. The van der Waals surface area contributed by atoms with Crippen LogP contribution in [0, 0.1) is 0 Å². The Morgan fingerprint density at radius 2 is 2.00 bits per heavy atom. The number of amides is 1. The van der Waals surface area contributed by atoms with E-state index in [0.29, 0.717) is 12.2 Å². The molecule has 23 heavy (non-hydrogen) atoms. The summed E-state index contributed by atoms with van der Waals surface area (Å²) in [5.74, 6) is 0.539. The molecule has 0 spiro atoms. The van der Waals surface area contributed by atoms with Crippen LogP contribution in [0.4, 0.5) is 4.79 Å². The number of benzene rings is 1. The number of allylic oxidation sites excluding steroid dienone is 1. The summed E-state index contributed by atoms with van der Waals surface area (Å²) in [6.07, 6.45) is 3.74. The van der Waals surface area contributed by atoms with E-state index in [4.69, 9.17) is 10.5 Å². The zero-order chi connectivity index (χ0) is 16.8. The first-order chi connectivity index (χ1) is 11.0. The first-order valence-electron chi connectivity index (χ1n) is 7.34. The van der Waals surface area contributed by atoms with Gasteiger partial charge in [-0.15, -0.1) is 0 Å². The van der Waals surface area contributed by atoms with Crippen LogP contribution in [0.1, 0.15) is 12.0 Å². The quantitative estimate of drug-likeness (QED) is 0.925. The minimum Gasteiger partial charge on any atom is -0.406 e. The predicted octanol–water partition coefficient (Wildman–Crippen LogP) is 2.30. The normalized spacial score (nSPS) is 15.7. The topological polar surface area (TPSA) is 71.2 Å². The lowest BCUT2D eigenvalue weighted by atomic mass is 10.1. The van der Waals surface area contributed by atoms with Crippen molar-refractivity contribution in [2.45, 2.75) is 13.0 Å². The zero-order valence-corrected chi connectivity index (χ0v) is 13.7. The largest absolute Gasteiger partial charge is 0.414 e. The second-order valence-electron chi connectivity index (χ2n) is 5.55. The zero-order valence-electron chi connectivity index (χ0n) is 13.7. The molecule has 0 fully saturated rings. The second kappa shape index (κ2) is 7.49. The Hall–Kier alpha value is -2.76. The van der Waals surface area contributed by atoms with Crippen molar-refractivity contribution in [2.75, 3.05) is 21.1 Å². The fourth-order valence-electron chi connectivity index (χ4n) is 2.15. The van der Waals surface area contributed by atoms with Crippen LogP contribution in [0.3, 0.4) is 0 Å². The molecular formula is C17H22N4O2. The molecule has 1 aliphatic heterocycles. The van der Waals surface area contributed by atoms with Crippen LogP contribution in [0.25, 0.3) is 0 Å². The molecule has 0 atom stereocenters. The number of carbonyl (C=O) groups excluding carboxylic acids is 1. The molecule has 6 heteroatoms. The van der Waals surface area contributed by atoms with Crippen LogP contribution in [0.2, 0.25) is 0 Å². The Morgan fingerprint density at radius 3 is 2.65 bits per heavy atom. The number of rotatable bonds is 4. The average Bonchev–Trinajstić information content (AvgIpc) is 2.51. The lowest BCUT2D eigenvalue weighted by Gasteiger charge is -2.21. The number of aliphatic imine (C=N–C) groups is 1. The highest BCUT2D eigenvalue weighted by Crippen LogP contribution is 2.23. The predicted molar refractivity (Wildman–Crippen MR) is 90.5 cm³/mol. The van der Waals surface area contributed by atoms with Gasteiger partial charge in [-0.1, -0.05) is 30.3 Å². The maximum atomic E-state index is 11.8. The van der Waals surface area contributed by atoms with E-state index in [9.17, 15) is 4.79 Å². The molecule has 1 aromatic rings. The van der Waals surface area contributed by atoms with E-state index >= 15 is 0 Å². The van der Waals surface area contributed by atoms with E-state index in [2.05, 4.69) is 17.1 Å². The van der Waals surface area contributed by atoms with Crippen molar-refractivity contribution < 1.29 is 9.53 Å². The van der Waals surface area contributed by atoms with Gasteiger partial charge in [-0.3, -0.25) is 0 Å². The molecule has 1 aliphatic rings. The Bertz CT molecular complexity index is 648. The van der Waals surface area contributed by atoms with Gasteiger partial charge in [-0.05, 0) is 5.56 Å². The highest BCUT2D eigenvalue weighted by molar-refractivity contribution is 5.72. The van der Waals surface area contributed by atoms with Crippen molar-refractivity contribution in [2.24, 2.45) is 10.7 Å². The molecule has 0 aliphatic carbocycles. The van der Waals surface area contributed by atoms with E-state index in [1.807, 2.05) is 36.3 Å². The maximum Gasteiger partial charge on any atom is 0.414 e. The summed E-state index contributed by atoms with van der Waals surface area (Å²) < 4.78 is 5.36. The molecule has 1 amide bonds. The third-order valence-corrected chi connectivity index (χ3v) is 3.27. The van der Waals surface area contributed by atoms with Crippen LogP contribution >= 0.6 is 0 Å². The molecule has 0 saturated heterocycles.